The Morgan fingerprint density at radius 3 is 2.64 bits per heavy atom. The van der Waals surface area contributed by atoms with Crippen LogP contribution in [-0.2, 0) is 9.47 Å². The van der Waals surface area contributed by atoms with Gasteiger partial charge in [0.25, 0.3) is 0 Å². The van der Waals surface area contributed by atoms with Crippen LogP contribution in [-0.4, -0.2) is 24.1 Å². The van der Waals surface area contributed by atoms with Crippen LogP contribution in [0.2, 0.25) is 0 Å². The molecule has 0 saturated carbocycles. The first-order valence-electron chi connectivity index (χ1n) is 7.54. The van der Waals surface area contributed by atoms with Crippen LogP contribution < -0.4 is 4.74 Å². The average Bonchev–Trinajstić information content (AvgIpc) is 2.62. The van der Waals surface area contributed by atoms with Crippen LogP contribution in [0.25, 0.3) is 0 Å². The molecule has 1 saturated heterocycles. The zero-order chi connectivity index (χ0) is 17.8. The predicted molar refractivity (Wildman–Crippen MR) is 91.5 cm³/mol. The Labute approximate surface area is 151 Å². The van der Waals surface area contributed by atoms with Crippen LogP contribution in [0.5, 0.6) is 5.75 Å². The molecule has 7 nitrogen and oxygen atoms in total. The van der Waals surface area contributed by atoms with E-state index in [1.165, 1.54) is 12.1 Å². The van der Waals surface area contributed by atoms with E-state index in [9.17, 15) is 14.9 Å². The largest absolute Gasteiger partial charge is 0.416 e. The Balaban J connectivity index is 1.85. The molecule has 1 heterocycles. The number of nitrogens with zero attached hydrogens (tertiary/aromatic N) is 1. The van der Waals surface area contributed by atoms with E-state index in [0.29, 0.717) is 23.2 Å². The van der Waals surface area contributed by atoms with Crippen molar-refractivity contribution in [3.63, 3.8) is 0 Å². The van der Waals surface area contributed by atoms with Gasteiger partial charge in [-0.1, -0.05) is 22.0 Å². The van der Waals surface area contributed by atoms with Gasteiger partial charge in [0.05, 0.1) is 23.7 Å². The highest BCUT2D eigenvalue weighted by Crippen LogP contribution is 2.33. The lowest BCUT2D eigenvalue weighted by atomic mass is 10.1. The summed E-state index contributed by atoms with van der Waals surface area (Å²) in [4.78, 5) is 23.0. The molecule has 0 amide bonds. The van der Waals surface area contributed by atoms with Crippen LogP contribution in [0.4, 0.5) is 5.69 Å². The van der Waals surface area contributed by atoms with Gasteiger partial charge in [-0.3, -0.25) is 10.1 Å². The molecule has 0 N–H and O–H groups in total. The van der Waals surface area contributed by atoms with Gasteiger partial charge in [-0.2, -0.15) is 0 Å². The van der Waals surface area contributed by atoms with Crippen LogP contribution >= 0.6 is 15.9 Å². The Morgan fingerprint density at radius 2 is 1.96 bits per heavy atom. The lowest BCUT2D eigenvalue weighted by Gasteiger charge is -2.23. The third-order valence-corrected chi connectivity index (χ3v) is 4.04. The zero-order valence-electron chi connectivity index (χ0n) is 13.0. The summed E-state index contributed by atoms with van der Waals surface area (Å²) in [6.45, 7) is 1.05. The van der Waals surface area contributed by atoms with E-state index < -0.39 is 17.2 Å². The first kappa shape index (κ1) is 17.5. The van der Waals surface area contributed by atoms with Crippen molar-refractivity contribution in [1.29, 1.82) is 0 Å². The maximum atomic E-state index is 12.2. The summed E-state index contributed by atoms with van der Waals surface area (Å²) in [6.07, 6.45) is 0.128. The number of hydrogen-bond acceptors (Lipinski definition) is 6. The van der Waals surface area contributed by atoms with E-state index in [-0.39, 0.29) is 17.0 Å². The van der Waals surface area contributed by atoms with Crippen molar-refractivity contribution in [3.8, 4) is 5.75 Å². The normalized spacial score (nSPS) is 14.9. The third-order valence-electron chi connectivity index (χ3n) is 3.54. The fourth-order valence-corrected chi connectivity index (χ4v) is 2.76. The smallest absolute Gasteiger partial charge is 0.343 e. The summed E-state index contributed by atoms with van der Waals surface area (Å²) in [6, 6.07) is 10.9. The van der Waals surface area contributed by atoms with Crippen molar-refractivity contribution < 1.29 is 23.9 Å². The molecule has 1 aliphatic rings. The molecule has 0 unspecified atom stereocenters. The SMILES string of the molecule is O=C(Oc1ccc(C2OCCCO2)cc1[N+](=O)[O-])c1cccc(Br)c1. The molecule has 2 aromatic carbocycles. The first-order valence-corrected chi connectivity index (χ1v) is 8.33. The van der Waals surface area contributed by atoms with Crippen LogP contribution in [0.15, 0.2) is 46.9 Å². The van der Waals surface area contributed by atoms with Gasteiger partial charge in [-0.25, -0.2) is 4.79 Å². The van der Waals surface area contributed by atoms with E-state index in [1.807, 2.05) is 0 Å². The highest BCUT2D eigenvalue weighted by molar-refractivity contribution is 9.10. The summed E-state index contributed by atoms with van der Waals surface area (Å²) in [5.41, 5.74) is 0.471. The lowest BCUT2D eigenvalue weighted by molar-refractivity contribution is -0.385. The Hall–Kier alpha value is -2.29. The van der Waals surface area contributed by atoms with Crippen molar-refractivity contribution in [2.45, 2.75) is 12.7 Å². The number of carbonyl (C=O) groups excluding carboxylic acids is 1. The summed E-state index contributed by atoms with van der Waals surface area (Å²) in [7, 11) is 0. The van der Waals surface area contributed by atoms with Gasteiger partial charge in [-0.05, 0) is 36.8 Å². The number of nitro groups is 1. The number of halogens is 1. The summed E-state index contributed by atoms with van der Waals surface area (Å²) >= 11 is 3.26. The minimum atomic E-state index is -0.678. The number of nitro benzene ring substituents is 1. The van der Waals surface area contributed by atoms with Crippen LogP contribution in [0, 0.1) is 10.1 Å². The summed E-state index contributed by atoms with van der Waals surface area (Å²) in [5.74, 6) is -0.808. The van der Waals surface area contributed by atoms with Crippen molar-refractivity contribution in [1.82, 2.24) is 0 Å². The fraction of sp³-hybridized carbons (Fsp3) is 0.235. The summed E-state index contributed by atoms with van der Waals surface area (Å²) < 4.78 is 16.8. The second-order valence-electron chi connectivity index (χ2n) is 5.31. The maximum Gasteiger partial charge on any atom is 0.343 e. The number of carbonyl (C=O) groups is 1. The summed E-state index contributed by atoms with van der Waals surface area (Å²) in [5, 5.41) is 11.4. The molecular weight excluding hydrogens is 394 g/mol. The third kappa shape index (κ3) is 4.22. The molecule has 0 atom stereocenters. The fourth-order valence-electron chi connectivity index (χ4n) is 2.36. The van der Waals surface area contributed by atoms with Gasteiger partial charge in [-0.15, -0.1) is 0 Å². The topological polar surface area (TPSA) is 87.9 Å². The molecule has 0 bridgehead atoms. The highest BCUT2D eigenvalue weighted by atomic mass is 79.9. The highest BCUT2D eigenvalue weighted by Gasteiger charge is 2.24. The maximum absolute atomic E-state index is 12.2. The monoisotopic (exact) mass is 407 g/mol. The molecular formula is C17H14BrNO6. The quantitative estimate of drug-likeness (QED) is 0.329. The van der Waals surface area contributed by atoms with Crippen LogP contribution in [0.3, 0.4) is 0 Å². The molecule has 130 valence electrons. The minimum Gasteiger partial charge on any atom is -0.416 e. The average molecular weight is 408 g/mol. The molecule has 0 radical (unpaired) electrons. The van der Waals surface area contributed by atoms with E-state index >= 15 is 0 Å². The second-order valence-corrected chi connectivity index (χ2v) is 6.23. The standard InChI is InChI=1S/C17H14BrNO6/c18-13-4-1-3-11(9-13)16(20)25-15-6-5-12(10-14(15)19(21)22)17-23-7-2-8-24-17/h1,3-6,9-10,17H,2,7-8H2. The Morgan fingerprint density at radius 1 is 1.20 bits per heavy atom. The molecule has 25 heavy (non-hydrogen) atoms. The molecule has 0 aromatic heterocycles. The Bertz CT molecular complexity index is 803. The van der Waals surface area contributed by atoms with E-state index in [0.717, 1.165) is 6.42 Å². The molecule has 1 fully saturated rings. The second kappa shape index (κ2) is 7.73. The van der Waals surface area contributed by atoms with Gasteiger partial charge in [0.15, 0.2) is 6.29 Å². The molecule has 0 aliphatic carbocycles. The minimum absolute atomic E-state index is 0.130. The van der Waals surface area contributed by atoms with Crippen molar-refractivity contribution in [2.75, 3.05) is 13.2 Å². The first-order chi connectivity index (χ1) is 12.0. The molecule has 2 aromatic rings. The molecule has 1 aliphatic heterocycles. The van der Waals surface area contributed by atoms with Gasteiger partial charge in [0.2, 0.25) is 5.75 Å². The van der Waals surface area contributed by atoms with Crippen molar-refractivity contribution >= 4 is 27.6 Å². The number of hydrogen-bond donors (Lipinski definition) is 0. The molecule has 3 rings (SSSR count). The number of ether oxygens (including phenoxy) is 3. The lowest BCUT2D eigenvalue weighted by Crippen LogP contribution is -2.18. The van der Waals surface area contributed by atoms with E-state index in [1.54, 1.807) is 30.3 Å². The number of esters is 1. The number of benzene rings is 2. The van der Waals surface area contributed by atoms with Gasteiger partial charge in [0, 0.05) is 16.1 Å². The van der Waals surface area contributed by atoms with Crippen molar-refractivity contribution in [3.05, 3.63) is 68.2 Å². The van der Waals surface area contributed by atoms with Gasteiger partial charge in [0.1, 0.15) is 0 Å². The van der Waals surface area contributed by atoms with Crippen LogP contribution in [0.1, 0.15) is 28.6 Å². The Kier molecular flexibility index (Phi) is 5.42. The van der Waals surface area contributed by atoms with Crippen molar-refractivity contribution in [2.24, 2.45) is 0 Å². The van der Waals surface area contributed by atoms with E-state index in [2.05, 4.69) is 15.9 Å². The predicted octanol–water partition coefficient (Wildman–Crippen LogP) is 4.01. The van der Waals surface area contributed by atoms with E-state index in [4.69, 9.17) is 14.2 Å². The zero-order valence-corrected chi connectivity index (χ0v) is 14.6. The van der Waals surface area contributed by atoms with Gasteiger partial charge < -0.3 is 14.2 Å². The molecule has 8 heteroatoms. The molecule has 0 spiro atoms. The van der Waals surface area contributed by atoms with Gasteiger partial charge >= 0.3 is 11.7 Å². The number of rotatable bonds is 4.